The Morgan fingerprint density at radius 2 is 1.88 bits per heavy atom. The molecule has 0 atom stereocenters. The summed E-state index contributed by atoms with van der Waals surface area (Å²) in [6, 6.07) is 3.05. The lowest BCUT2D eigenvalue weighted by molar-refractivity contribution is 0.242. The number of ether oxygens (including phenoxy) is 1. The number of rotatable bonds is 3. The van der Waals surface area contributed by atoms with E-state index in [0.717, 1.165) is 0 Å². The van der Waals surface area contributed by atoms with E-state index in [1.54, 1.807) is 6.92 Å². The van der Waals surface area contributed by atoms with Crippen LogP contribution in [0.15, 0.2) is 16.7 Å². The maximum absolute atomic E-state index is 5.94. The molecule has 1 heterocycles. The van der Waals surface area contributed by atoms with Crippen LogP contribution in [-0.4, -0.2) is 10.1 Å². The van der Waals surface area contributed by atoms with Crippen LogP contribution in [0.5, 0.6) is 5.75 Å². The van der Waals surface area contributed by atoms with Gasteiger partial charge in [-0.2, -0.15) is 4.98 Å². The van der Waals surface area contributed by atoms with Crippen molar-refractivity contribution in [2.45, 2.75) is 13.5 Å². The van der Waals surface area contributed by atoms with Crippen LogP contribution in [0.25, 0.3) is 0 Å². The zero-order valence-corrected chi connectivity index (χ0v) is 11.0. The molecule has 0 radical (unpaired) electrons. The van der Waals surface area contributed by atoms with Crippen molar-refractivity contribution in [3.8, 4) is 5.75 Å². The van der Waals surface area contributed by atoms with Gasteiger partial charge in [0.25, 0.3) is 5.89 Å². The molecule has 0 saturated carbocycles. The Bertz CT molecular complexity index is 542. The summed E-state index contributed by atoms with van der Waals surface area (Å²) in [5.41, 5.74) is 0. The van der Waals surface area contributed by atoms with Crippen molar-refractivity contribution in [3.63, 3.8) is 0 Å². The van der Waals surface area contributed by atoms with Gasteiger partial charge in [-0.15, -0.1) is 0 Å². The summed E-state index contributed by atoms with van der Waals surface area (Å²) in [4.78, 5) is 3.99. The number of nitrogens with zero attached hydrogens (tertiary/aromatic N) is 2. The average Bonchev–Trinajstić information content (AvgIpc) is 2.68. The lowest BCUT2D eigenvalue weighted by atomic mass is 10.3. The first-order chi connectivity index (χ1) is 8.06. The number of hydrogen-bond acceptors (Lipinski definition) is 4. The standard InChI is InChI=1S/C10H7Cl3N2O2/c1-5-14-10(17-15-5)4-16-9-3-7(12)6(11)2-8(9)13/h2-3H,4H2,1H3. The summed E-state index contributed by atoms with van der Waals surface area (Å²) < 4.78 is 10.3. The van der Waals surface area contributed by atoms with Crippen molar-refractivity contribution in [3.05, 3.63) is 38.9 Å². The van der Waals surface area contributed by atoms with E-state index in [1.165, 1.54) is 12.1 Å². The highest BCUT2D eigenvalue weighted by Gasteiger charge is 2.09. The smallest absolute Gasteiger partial charge is 0.264 e. The van der Waals surface area contributed by atoms with Gasteiger partial charge in [0.15, 0.2) is 12.4 Å². The van der Waals surface area contributed by atoms with Crippen LogP contribution in [0.4, 0.5) is 0 Å². The fraction of sp³-hybridized carbons (Fsp3) is 0.200. The van der Waals surface area contributed by atoms with Gasteiger partial charge in [0.05, 0.1) is 15.1 Å². The molecule has 1 aromatic heterocycles. The van der Waals surface area contributed by atoms with Crippen LogP contribution >= 0.6 is 34.8 Å². The molecule has 7 heteroatoms. The summed E-state index contributed by atoms with van der Waals surface area (Å²) in [5, 5.41) is 4.75. The van der Waals surface area contributed by atoms with Gasteiger partial charge in [-0.3, -0.25) is 0 Å². The first-order valence-electron chi connectivity index (χ1n) is 4.63. The number of halogens is 3. The third-order valence-electron chi connectivity index (χ3n) is 1.90. The van der Waals surface area contributed by atoms with Gasteiger partial charge in [-0.05, 0) is 13.0 Å². The quantitative estimate of drug-likeness (QED) is 0.805. The molecule has 0 unspecified atom stereocenters. The van der Waals surface area contributed by atoms with E-state index in [-0.39, 0.29) is 6.61 Å². The lowest BCUT2D eigenvalue weighted by Gasteiger charge is -2.06. The Morgan fingerprint density at radius 1 is 1.18 bits per heavy atom. The van der Waals surface area contributed by atoms with Gasteiger partial charge in [0.1, 0.15) is 5.75 Å². The molecule has 0 bridgehead atoms. The van der Waals surface area contributed by atoms with E-state index in [9.17, 15) is 0 Å². The zero-order valence-electron chi connectivity index (χ0n) is 8.71. The highest BCUT2D eigenvalue weighted by atomic mass is 35.5. The Hall–Kier alpha value is -0.970. The molecule has 0 aliphatic carbocycles. The summed E-state index contributed by atoms with van der Waals surface area (Å²) in [7, 11) is 0. The van der Waals surface area contributed by atoms with Gasteiger partial charge in [0, 0.05) is 6.07 Å². The number of aromatic nitrogens is 2. The van der Waals surface area contributed by atoms with Gasteiger partial charge in [-0.1, -0.05) is 40.0 Å². The predicted octanol–water partition coefficient (Wildman–Crippen LogP) is 3.92. The minimum Gasteiger partial charge on any atom is -0.482 e. The van der Waals surface area contributed by atoms with Gasteiger partial charge >= 0.3 is 0 Å². The molecule has 0 spiro atoms. The molecule has 0 aliphatic rings. The summed E-state index contributed by atoms with van der Waals surface area (Å²) in [5.74, 6) is 1.32. The number of hydrogen-bond donors (Lipinski definition) is 0. The van der Waals surface area contributed by atoms with Crippen LogP contribution in [0.2, 0.25) is 15.1 Å². The van der Waals surface area contributed by atoms with Gasteiger partial charge in [-0.25, -0.2) is 0 Å². The molecule has 1 aromatic carbocycles. The molecule has 4 nitrogen and oxygen atoms in total. The van der Waals surface area contributed by atoms with Gasteiger partial charge < -0.3 is 9.26 Å². The minimum atomic E-state index is 0.124. The van der Waals surface area contributed by atoms with Crippen molar-refractivity contribution >= 4 is 34.8 Å². The highest BCUT2D eigenvalue weighted by molar-refractivity contribution is 6.43. The largest absolute Gasteiger partial charge is 0.482 e. The Balaban J connectivity index is 2.11. The van der Waals surface area contributed by atoms with Crippen molar-refractivity contribution in [1.82, 2.24) is 10.1 Å². The average molecular weight is 294 g/mol. The number of aryl methyl sites for hydroxylation is 1. The topological polar surface area (TPSA) is 48.2 Å². The maximum atomic E-state index is 5.94. The van der Waals surface area contributed by atoms with Crippen molar-refractivity contribution < 1.29 is 9.26 Å². The van der Waals surface area contributed by atoms with E-state index < -0.39 is 0 Å². The molecule has 0 amide bonds. The Labute approximate surface area is 112 Å². The molecule has 0 fully saturated rings. The second-order valence-electron chi connectivity index (χ2n) is 3.22. The summed E-state index contributed by atoms with van der Waals surface area (Å²) in [6.45, 7) is 1.84. The first-order valence-corrected chi connectivity index (χ1v) is 5.76. The molecular weight excluding hydrogens is 286 g/mol. The molecule has 2 rings (SSSR count). The fourth-order valence-corrected chi connectivity index (χ4v) is 1.74. The van der Waals surface area contributed by atoms with Crippen LogP contribution in [0.3, 0.4) is 0 Å². The van der Waals surface area contributed by atoms with Crippen molar-refractivity contribution in [1.29, 1.82) is 0 Å². The molecule has 0 N–H and O–H groups in total. The second kappa shape index (κ2) is 5.12. The summed E-state index contributed by atoms with van der Waals surface area (Å²) in [6.07, 6.45) is 0. The van der Waals surface area contributed by atoms with E-state index in [1.807, 2.05) is 0 Å². The minimum absolute atomic E-state index is 0.124. The lowest BCUT2D eigenvalue weighted by Crippen LogP contribution is -1.96. The SMILES string of the molecule is Cc1noc(COc2cc(Cl)c(Cl)cc2Cl)n1. The van der Waals surface area contributed by atoms with E-state index in [4.69, 9.17) is 44.1 Å². The van der Waals surface area contributed by atoms with Crippen LogP contribution < -0.4 is 4.74 Å². The first kappa shape index (κ1) is 12.5. The molecule has 0 aliphatic heterocycles. The molecule has 17 heavy (non-hydrogen) atoms. The van der Waals surface area contributed by atoms with Crippen LogP contribution in [0.1, 0.15) is 11.7 Å². The molecule has 2 aromatic rings. The monoisotopic (exact) mass is 292 g/mol. The van der Waals surface area contributed by atoms with Crippen molar-refractivity contribution in [2.24, 2.45) is 0 Å². The molecule has 90 valence electrons. The molecule has 0 saturated heterocycles. The third kappa shape index (κ3) is 3.03. The normalized spacial score (nSPS) is 10.6. The summed E-state index contributed by atoms with van der Waals surface area (Å²) >= 11 is 17.6. The zero-order chi connectivity index (χ0) is 12.4. The van der Waals surface area contributed by atoms with E-state index in [2.05, 4.69) is 10.1 Å². The fourth-order valence-electron chi connectivity index (χ4n) is 1.15. The molecular formula is C10H7Cl3N2O2. The second-order valence-corrected chi connectivity index (χ2v) is 4.44. The maximum Gasteiger partial charge on any atom is 0.264 e. The third-order valence-corrected chi connectivity index (χ3v) is 2.91. The van der Waals surface area contributed by atoms with Crippen LogP contribution in [-0.2, 0) is 6.61 Å². The van der Waals surface area contributed by atoms with Crippen LogP contribution in [0, 0.1) is 6.92 Å². The Morgan fingerprint density at radius 3 is 2.53 bits per heavy atom. The van der Waals surface area contributed by atoms with E-state index in [0.29, 0.717) is 32.5 Å². The van der Waals surface area contributed by atoms with E-state index >= 15 is 0 Å². The Kier molecular flexibility index (Phi) is 3.76. The number of benzene rings is 1. The van der Waals surface area contributed by atoms with Gasteiger partial charge in [0.2, 0.25) is 0 Å². The van der Waals surface area contributed by atoms with Crippen molar-refractivity contribution in [2.75, 3.05) is 0 Å². The highest BCUT2D eigenvalue weighted by Crippen LogP contribution is 2.34. The predicted molar refractivity (Wildman–Crippen MR) is 64.8 cm³/mol.